The maximum atomic E-state index is 11.3. The standard InChI is InChI=1S/C10H10BrClO2/c1-2-14-10(13)9(11)7-4-3-5-8(12)6-7/h3-6,9H,2H2,1H3/t9-/m0/s1. The molecule has 1 aromatic rings. The van der Waals surface area contributed by atoms with Crippen molar-refractivity contribution in [3.05, 3.63) is 34.9 Å². The van der Waals surface area contributed by atoms with Crippen molar-refractivity contribution in [3.63, 3.8) is 0 Å². The molecule has 14 heavy (non-hydrogen) atoms. The number of alkyl halides is 1. The second-order valence-corrected chi connectivity index (χ2v) is 4.02. The lowest BCUT2D eigenvalue weighted by molar-refractivity contribution is -0.142. The molecule has 1 atom stereocenters. The highest BCUT2D eigenvalue weighted by atomic mass is 79.9. The second kappa shape index (κ2) is 5.37. The molecule has 0 bridgehead atoms. The highest BCUT2D eigenvalue weighted by molar-refractivity contribution is 9.09. The van der Waals surface area contributed by atoms with Crippen LogP contribution < -0.4 is 0 Å². The third-order valence-corrected chi connectivity index (χ3v) is 2.77. The third kappa shape index (κ3) is 3.00. The molecule has 0 spiro atoms. The van der Waals surface area contributed by atoms with E-state index in [1.165, 1.54) is 0 Å². The Bertz CT molecular complexity index is 328. The average molecular weight is 278 g/mol. The summed E-state index contributed by atoms with van der Waals surface area (Å²) in [6, 6.07) is 7.11. The zero-order chi connectivity index (χ0) is 10.6. The maximum absolute atomic E-state index is 11.3. The van der Waals surface area contributed by atoms with Crippen molar-refractivity contribution in [1.82, 2.24) is 0 Å². The van der Waals surface area contributed by atoms with E-state index in [1.807, 2.05) is 6.07 Å². The van der Waals surface area contributed by atoms with Crippen molar-refractivity contribution in [2.75, 3.05) is 6.61 Å². The van der Waals surface area contributed by atoms with E-state index >= 15 is 0 Å². The topological polar surface area (TPSA) is 26.3 Å². The van der Waals surface area contributed by atoms with Crippen molar-refractivity contribution in [3.8, 4) is 0 Å². The van der Waals surface area contributed by atoms with Gasteiger partial charge in [0.15, 0.2) is 0 Å². The van der Waals surface area contributed by atoms with Crippen LogP contribution in [0.25, 0.3) is 0 Å². The van der Waals surface area contributed by atoms with Gasteiger partial charge in [0.2, 0.25) is 0 Å². The van der Waals surface area contributed by atoms with Gasteiger partial charge in [0.05, 0.1) is 6.61 Å². The minimum atomic E-state index is -0.443. The Morgan fingerprint density at radius 2 is 2.36 bits per heavy atom. The predicted octanol–water partition coefficient (Wildman–Crippen LogP) is 3.34. The number of halogens is 2. The molecule has 4 heteroatoms. The lowest BCUT2D eigenvalue weighted by Crippen LogP contribution is -2.10. The molecule has 0 aliphatic heterocycles. The minimum absolute atomic E-state index is 0.297. The Balaban J connectivity index is 2.78. The highest BCUT2D eigenvalue weighted by Crippen LogP contribution is 2.26. The Labute approximate surface area is 96.3 Å². The van der Waals surface area contributed by atoms with E-state index in [2.05, 4.69) is 15.9 Å². The van der Waals surface area contributed by atoms with Gasteiger partial charge in [-0.2, -0.15) is 0 Å². The summed E-state index contributed by atoms with van der Waals surface area (Å²) in [5.74, 6) is -0.297. The molecule has 0 fully saturated rings. The monoisotopic (exact) mass is 276 g/mol. The molecule has 76 valence electrons. The van der Waals surface area contributed by atoms with Gasteiger partial charge < -0.3 is 4.74 Å². The van der Waals surface area contributed by atoms with Gasteiger partial charge in [0.25, 0.3) is 0 Å². The first kappa shape index (κ1) is 11.5. The largest absolute Gasteiger partial charge is 0.465 e. The van der Waals surface area contributed by atoms with Gasteiger partial charge in [-0.1, -0.05) is 39.7 Å². The summed E-state index contributed by atoms with van der Waals surface area (Å²) < 4.78 is 4.87. The van der Waals surface area contributed by atoms with Crippen LogP contribution in [0, 0.1) is 0 Å². The molecule has 0 unspecified atom stereocenters. The summed E-state index contributed by atoms with van der Waals surface area (Å²) in [7, 11) is 0. The first-order valence-corrected chi connectivity index (χ1v) is 5.50. The summed E-state index contributed by atoms with van der Waals surface area (Å²) in [5.41, 5.74) is 0.802. The molecule has 0 aliphatic carbocycles. The average Bonchev–Trinajstić information content (AvgIpc) is 2.17. The van der Waals surface area contributed by atoms with Crippen LogP contribution in [0.1, 0.15) is 17.3 Å². The highest BCUT2D eigenvalue weighted by Gasteiger charge is 2.17. The fraction of sp³-hybridized carbons (Fsp3) is 0.300. The molecule has 0 aliphatic rings. The van der Waals surface area contributed by atoms with Crippen LogP contribution in [0.2, 0.25) is 5.02 Å². The van der Waals surface area contributed by atoms with Gasteiger partial charge >= 0.3 is 5.97 Å². The SMILES string of the molecule is CCOC(=O)[C@@H](Br)c1cccc(Cl)c1. The molecule has 2 nitrogen and oxygen atoms in total. The molecule has 0 N–H and O–H groups in total. The third-order valence-electron chi connectivity index (χ3n) is 1.63. The van der Waals surface area contributed by atoms with E-state index in [4.69, 9.17) is 16.3 Å². The first-order valence-electron chi connectivity index (χ1n) is 4.21. The van der Waals surface area contributed by atoms with Crippen molar-refractivity contribution in [2.24, 2.45) is 0 Å². The van der Waals surface area contributed by atoms with Crippen LogP contribution in [0.5, 0.6) is 0 Å². The zero-order valence-electron chi connectivity index (χ0n) is 7.67. The summed E-state index contributed by atoms with van der Waals surface area (Å²) in [6.45, 7) is 2.15. The van der Waals surface area contributed by atoms with Crippen molar-refractivity contribution >= 4 is 33.5 Å². The normalized spacial score (nSPS) is 12.2. The van der Waals surface area contributed by atoms with Crippen LogP contribution in [-0.4, -0.2) is 12.6 Å². The Morgan fingerprint density at radius 3 is 2.93 bits per heavy atom. The van der Waals surface area contributed by atoms with Crippen molar-refractivity contribution in [1.29, 1.82) is 0 Å². The smallest absolute Gasteiger partial charge is 0.324 e. The molecule has 0 radical (unpaired) electrons. The molecule has 0 amide bonds. The molecular weight excluding hydrogens is 267 g/mol. The lowest BCUT2D eigenvalue weighted by Gasteiger charge is -2.09. The summed E-state index contributed by atoms with van der Waals surface area (Å²) in [6.07, 6.45) is 0. The Morgan fingerprint density at radius 1 is 1.64 bits per heavy atom. The number of hydrogen-bond acceptors (Lipinski definition) is 2. The van der Waals surface area contributed by atoms with Crippen LogP contribution in [0.4, 0.5) is 0 Å². The van der Waals surface area contributed by atoms with Crippen LogP contribution in [-0.2, 0) is 9.53 Å². The van der Waals surface area contributed by atoms with E-state index in [1.54, 1.807) is 25.1 Å². The zero-order valence-corrected chi connectivity index (χ0v) is 10.0. The number of ether oxygens (including phenoxy) is 1. The van der Waals surface area contributed by atoms with Gasteiger partial charge in [-0.25, -0.2) is 0 Å². The second-order valence-electron chi connectivity index (χ2n) is 2.67. The molecular formula is C10H10BrClO2. The summed E-state index contributed by atoms with van der Waals surface area (Å²) in [4.78, 5) is 10.9. The summed E-state index contributed by atoms with van der Waals surface area (Å²) in [5, 5.41) is 0.608. The van der Waals surface area contributed by atoms with E-state index in [-0.39, 0.29) is 5.97 Å². The minimum Gasteiger partial charge on any atom is -0.465 e. The quantitative estimate of drug-likeness (QED) is 0.626. The van der Waals surface area contributed by atoms with Gasteiger partial charge in [-0.05, 0) is 24.6 Å². The van der Waals surface area contributed by atoms with Gasteiger partial charge in [0, 0.05) is 5.02 Å². The Hall–Kier alpha value is -0.540. The van der Waals surface area contributed by atoms with Gasteiger partial charge in [0.1, 0.15) is 4.83 Å². The lowest BCUT2D eigenvalue weighted by atomic mass is 10.1. The number of esters is 1. The molecule has 1 aromatic carbocycles. The van der Waals surface area contributed by atoms with Crippen LogP contribution >= 0.6 is 27.5 Å². The van der Waals surface area contributed by atoms with Crippen molar-refractivity contribution < 1.29 is 9.53 Å². The van der Waals surface area contributed by atoms with Crippen molar-refractivity contribution in [2.45, 2.75) is 11.8 Å². The fourth-order valence-electron chi connectivity index (χ4n) is 1.02. The number of carbonyl (C=O) groups excluding carboxylic acids is 1. The van der Waals surface area contributed by atoms with Gasteiger partial charge in [-0.15, -0.1) is 0 Å². The molecule has 1 rings (SSSR count). The van der Waals surface area contributed by atoms with E-state index < -0.39 is 4.83 Å². The molecule has 0 saturated carbocycles. The van der Waals surface area contributed by atoms with E-state index in [0.717, 1.165) is 5.56 Å². The molecule has 0 aromatic heterocycles. The number of carbonyl (C=O) groups is 1. The Kier molecular flexibility index (Phi) is 4.42. The first-order chi connectivity index (χ1) is 6.65. The van der Waals surface area contributed by atoms with E-state index in [0.29, 0.717) is 11.6 Å². The van der Waals surface area contributed by atoms with Gasteiger partial charge in [-0.3, -0.25) is 4.79 Å². The summed E-state index contributed by atoms with van der Waals surface area (Å²) >= 11 is 9.05. The van der Waals surface area contributed by atoms with E-state index in [9.17, 15) is 4.79 Å². The number of hydrogen-bond donors (Lipinski definition) is 0. The van der Waals surface area contributed by atoms with Crippen LogP contribution in [0.15, 0.2) is 24.3 Å². The fourth-order valence-corrected chi connectivity index (χ4v) is 1.63. The maximum Gasteiger partial charge on any atom is 0.324 e. The molecule has 0 heterocycles. The van der Waals surface area contributed by atoms with Crippen LogP contribution in [0.3, 0.4) is 0 Å². The predicted molar refractivity (Wildman–Crippen MR) is 59.8 cm³/mol. The number of benzene rings is 1. The number of rotatable bonds is 3. The molecule has 0 saturated heterocycles.